The second-order valence-corrected chi connectivity index (χ2v) is 5.29. The van der Waals surface area contributed by atoms with Crippen molar-refractivity contribution in [1.29, 1.82) is 0 Å². The minimum Gasteiger partial charge on any atom is -0.493 e. The summed E-state index contributed by atoms with van der Waals surface area (Å²) in [5.41, 5.74) is 1.26. The third-order valence-electron chi connectivity index (χ3n) is 3.85. The zero-order valence-electron chi connectivity index (χ0n) is 10.1. The number of nitrogens with one attached hydrogen (secondary N) is 1. The molecule has 0 spiro atoms. The Hall–Kier alpha value is -1.06. The molecule has 1 aromatic rings. The standard InChI is InChI=1S/C14H19NO2/c1-9-8-17-13-5-3-2-4-12(13)14(9)15-10-6-11(16)7-10/h2-5,9-11,14-16H,6-8H2,1H3. The van der Waals surface area contributed by atoms with Crippen molar-refractivity contribution in [3.05, 3.63) is 29.8 Å². The molecular formula is C14H19NO2. The number of ether oxygens (including phenoxy) is 1. The molecule has 1 aromatic carbocycles. The number of hydrogen-bond donors (Lipinski definition) is 2. The lowest BCUT2D eigenvalue weighted by Crippen LogP contribution is -2.48. The van der Waals surface area contributed by atoms with Crippen molar-refractivity contribution in [2.45, 2.75) is 38.0 Å². The molecule has 1 aliphatic heterocycles. The summed E-state index contributed by atoms with van der Waals surface area (Å²) in [5.74, 6) is 1.48. The summed E-state index contributed by atoms with van der Waals surface area (Å²) in [6.45, 7) is 2.98. The van der Waals surface area contributed by atoms with Gasteiger partial charge in [-0.05, 0) is 18.9 Å². The summed E-state index contributed by atoms with van der Waals surface area (Å²) in [4.78, 5) is 0. The maximum Gasteiger partial charge on any atom is 0.124 e. The van der Waals surface area contributed by atoms with Crippen molar-refractivity contribution in [3.63, 3.8) is 0 Å². The third kappa shape index (κ3) is 2.05. The zero-order chi connectivity index (χ0) is 11.8. The molecule has 17 heavy (non-hydrogen) atoms. The highest BCUT2D eigenvalue weighted by atomic mass is 16.5. The largest absolute Gasteiger partial charge is 0.493 e. The monoisotopic (exact) mass is 233 g/mol. The van der Waals surface area contributed by atoms with E-state index in [0.717, 1.165) is 25.2 Å². The first-order valence-corrected chi connectivity index (χ1v) is 6.40. The molecule has 0 saturated heterocycles. The maximum absolute atomic E-state index is 9.34. The predicted octanol–water partition coefficient (Wildman–Crippen LogP) is 1.87. The Morgan fingerprint density at radius 2 is 2.06 bits per heavy atom. The van der Waals surface area contributed by atoms with E-state index in [1.54, 1.807) is 0 Å². The van der Waals surface area contributed by atoms with Gasteiger partial charge in [-0.15, -0.1) is 0 Å². The van der Waals surface area contributed by atoms with Gasteiger partial charge in [0.2, 0.25) is 0 Å². The van der Waals surface area contributed by atoms with E-state index in [1.165, 1.54) is 5.56 Å². The second kappa shape index (κ2) is 4.31. The van der Waals surface area contributed by atoms with Crippen molar-refractivity contribution in [3.8, 4) is 5.75 Å². The Kier molecular flexibility index (Phi) is 2.81. The average molecular weight is 233 g/mol. The second-order valence-electron chi connectivity index (χ2n) is 5.29. The number of aliphatic hydroxyl groups excluding tert-OH is 1. The molecule has 3 nitrogen and oxygen atoms in total. The van der Waals surface area contributed by atoms with Crippen LogP contribution in [0.15, 0.2) is 24.3 Å². The number of benzene rings is 1. The molecule has 0 aromatic heterocycles. The van der Waals surface area contributed by atoms with Gasteiger partial charge in [0.1, 0.15) is 5.75 Å². The molecule has 1 aliphatic carbocycles. The zero-order valence-corrected chi connectivity index (χ0v) is 10.1. The van der Waals surface area contributed by atoms with E-state index >= 15 is 0 Å². The lowest BCUT2D eigenvalue weighted by molar-refractivity contribution is 0.0491. The van der Waals surface area contributed by atoms with Gasteiger partial charge in [0.15, 0.2) is 0 Å². The highest BCUT2D eigenvalue weighted by Gasteiger charge is 2.34. The fourth-order valence-electron chi connectivity index (χ4n) is 2.72. The van der Waals surface area contributed by atoms with Gasteiger partial charge < -0.3 is 15.2 Å². The highest BCUT2D eigenvalue weighted by molar-refractivity contribution is 5.38. The normalized spacial score (nSPS) is 35.6. The smallest absolute Gasteiger partial charge is 0.124 e. The molecular weight excluding hydrogens is 214 g/mol. The molecule has 1 heterocycles. The highest BCUT2D eigenvalue weighted by Crippen LogP contribution is 2.36. The van der Waals surface area contributed by atoms with E-state index in [4.69, 9.17) is 4.74 Å². The number of aliphatic hydroxyl groups is 1. The van der Waals surface area contributed by atoms with Crippen LogP contribution in [0.3, 0.4) is 0 Å². The van der Waals surface area contributed by atoms with E-state index in [0.29, 0.717) is 18.0 Å². The van der Waals surface area contributed by atoms with Crippen LogP contribution in [0.5, 0.6) is 5.75 Å². The number of hydrogen-bond acceptors (Lipinski definition) is 3. The molecule has 2 aliphatic rings. The Morgan fingerprint density at radius 1 is 1.29 bits per heavy atom. The summed E-state index contributed by atoms with van der Waals surface area (Å²) in [5, 5.41) is 13.0. The van der Waals surface area contributed by atoms with Crippen LogP contribution in [0.1, 0.15) is 31.4 Å². The van der Waals surface area contributed by atoms with E-state index in [2.05, 4.69) is 24.4 Å². The Balaban J connectivity index is 1.78. The quantitative estimate of drug-likeness (QED) is 0.819. The SMILES string of the molecule is CC1COc2ccccc2C1NC1CC(O)C1. The van der Waals surface area contributed by atoms with E-state index in [-0.39, 0.29) is 6.10 Å². The van der Waals surface area contributed by atoms with Crippen molar-refractivity contribution in [2.75, 3.05) is 6.61 Å². The first kappa shape index (κ1) is 11.1. The molecule has 2 unspecified atom stereocenters. The lowest BCUT2D eigenvalue weighted by atomic mass is 9.85. The summed E-state index contributed by atoms with van der Waals surface area (Å²) in [6, 6.07) is 9.06. The molecule has 0 bridgehead atoms. The molecule has 0 amide bonds. The lowest BCUT2D eigenvalue weighted by Gasteiger charge is -2.39. The van der Waals surface area contributed by atoms with Gasteiger partial charge in [0.05, 0.1) is 12.7 Å². The van der Waals surface area contributed by atoms with Gasteiger partial charge in [-0.25, -0.2) is 0 Å². The number of para-hydroxylation sites is 1. The van der Waals surface area contributed by atoms with Crippen LogP contribution in [0.25, 0.3) is 0 Å². The molecule has 3 heteroatoms. The van der Waals surface area contributed by atoms with Gasteiger partial charge in [0.25, 0.3) is 0 Å². The molecule has 3 rings (SSSR count). The van der Waals surface area contributed by atoms with Crippen molar-refractivity contribution in [2.24, 2.45) is 5.92 Å². The summed E-state index contributed by atoms with van der Waals surface area (Å²) >= 11 is 0. The van der Waals surface area contributed by atoms with Crippen LogP contribution in [0.4, 0.5) is 0 Å². The topological polar surface area (TPSA) is 41.5 Å². The van der Waals surface area contributed by atoms with E-state index in [9.17, 15) is 5.11 Å². The molecule has 2 N–H and O–H groups in total. The first-order valence-electron chi connectivity index (χ1n) is 6.40. The van der Waals surface area contributed by atoms with Crippen LogP contribution in [0.2, 0.25) is 0 Å². The van der Waals surface area contributed by atoms with Crippen molar-refractivity contribution >= 4 is 0 Å². The Bertz CT molecular complexity index is 401. The molecule has 1 fully saturated rings. The minimum absolute atomic E-state index is 0.0992. The summed E-state index contributed by atoms with van der Waals surface area (Å²) < 4.78 is 5.73. The average Bonchev–Trinajstić information content (AvgIpc) is 2.30. The predicted molar refractivity (Wildman–Crippen MR) is 66.0 cm³/mol. The Morgan fingerprint density at radius 3 is 2.82 bits per heavy atom. The van der Waals surface area contributed by atoms with Crippen molar-refractivity contribution < 1.29 is 9.84 Å². The molecule has 2 atom stereocenters. The van der Waals surface area contributed by atoms with Crippen LogP contribution < -0.4 is 10.1 Å². The third-order valence-corrected chi connectivity index (χ3v) is 3.85. The molecule has 1 saturated carbocycles. The van der Waals surface area contributed by atoms with Gasteiger partial charge in [0, 0.05) is 23.6 Å². The van der Waals surface area contributed by atoms with Crippen LogP contribution in [-0.2, 0) is 0 Å². The van der Waals surface area contributed by atoms with Crippen LogP contribution in [-0.4, -0.2) is 23.9 Å². The van der Waals surface area contributed by atoms with Crippen molar-refractivity contribution in [1.82, 2.24) is 5.32 Å². The fourth-order valence-corrected chi connectivity index (χ4v) is 2.72. The summed E-state index contributed by atoms with van der Waals surface area (Å²) in [6.07, 6.45) is 1.66. The van der Waals surface area contributed by atoms with Gasteiger partial charge >= 0.3 is 0 Å². The van der Waals surface area contributed by atoms with Gasteiger partial charge in [-0.3, -0.25) is 0 Å². The molecule has 0 radical (unpaired) electrons. The number of rotatable bonds is 2. The number of fused-ring (bicyclic) bond motifs is 1. The maximum atomic E-state index is 9.34. The summed E-state index contributed by atoms with van der Waals surface area (Å²) in [7, 11) is 0. The van der Waals surface area contributed by atoms with Gasteiger partial charge in [-0.2, -0.15) is 0 Å². The van der Waals surface area contributed by atoms with E-state index < -0.39 is 0 Å². The van der Waals surface area contributed by atoms with Crippen LogP contribution in [0, 0.1) is 5.92 Å². The molecule has 92 valence electrons. The van der Waals surface area contributed by atoms with Crippen LogP contribution >= 0.6 is 0 Å². The fraction of sp³-hybridized carbons (Fsp3) is 0.571. The Labute approximate surface area is 102 Å². The van der Waals surface area contributed by atoms with E-state index in [1.807, 2.05) is 12.1 Å². The minimum atomic E-state index is -0.0992. The first-order chi connectivity index (χ1) is 8.24. The van der Waals surface area contributed by atoms with Gasteiger partial charge in [-0.1, -0.05) is 25.1 Å².